The molecule has 4 nitrogen and oxygen atoms in total. The maximum absolute atomic E-state index is 5.85. The zero-order valence-corrected chi connectivity index (χ0v) is 9.54. The monoisotopic (exact) mass is 223 g/mol. The maximum atomic E-state index is 5.85. The van der Waals surface area contributed by atoms with Gasteiger partial charge in [-0.3, -0.25) is 0 Å². The average Bonchev–Trinajstić information content (AvgIpc) is 2.68. The Morgan fingerprint density at radius 3 is 3.00 bits per heavy atom. The van der Waals surface area contributed by atoms with E-state index in [1.165, 1.54) is 0 Å². The van der Waals surface area contributed by atoms with Crippen molar-refractivity contribution >= 4 is 27.4 Å². The highest BCUT2D eigenvalue weighted by Crippen LogP contribution is 2.26. The Hall–Kier alpha value is -1.20. The molecule has 0 aliphatic carbocycles. The van der Waals surface area contributed by atoms with Crippen molar-refractivity contribution in [2.24, 2.45) is 0 Å². The summed E-state index contributed by atoms with van der Waals surface area (Å²) in [5.41, 5.74) is 5.85. The molecule has 0 aliphatic rings. The third-order valence-corrected chi connectivity index (χ3v) is 3.12. The van der Waals surface area contributed by atoms with Crippen LogP contribution in [-0.4, -0.2) is 17.1 Å². The molecule has 0 aliphatic heterocycles. The van der Waals surface area contributed by atoms with Crippen LogP contribution in [-0.2, 0) is 4.74 Å². The molecule has 0 bridgehead atoms. The van der Waals surface area contributed by atoms with Gasteiger partial charge in [0, 0.05) is 7.11 Å². The van der Waals surface area contributed by atoms with Crippen molar-refractivity contribution in [3.8, 4) is 0 Å². The standard InChI is InChI=1S/C10H13N3OS/c1-3-7(14-2)9-12-8(11)6-4-5-15-10(6)13-9/h4-5,7H,3H2,1-2H3,(H2,11,12,13). The van der Waals surface area contributed by atoms with Crippen LogP contribution in [0.4, 0.5) is 5.82 Å². The largest absolute Gasteiger partial charge is 0.383 e. The lowest BCUT2D eigenvalue weighted by Gasteiger charge is -2.11. The molecule has 0 aromatic carbocycles. The second-order valence-electron chi connectivity index (χ2n) is 3.24. The Bertz CT molecular complexity index is 465. The fraction of sp³-hybridized carbons (Fsp3) is 0.400. The van der Waals surface area contributed by atoms with Crippen LogP contribution in [0.5, 0.6) is 0 Å². The van der Waals surface area contributed by atoms with Crippen LogP contribution in [0.15, 0.2) is 11.4 Å². The predicted octanol–water partition coefficient (Wildman–Crippen LogP) is 2.37. The molecule has 80 valence electrons. The summed E-state index contributed by atoms with van der Waals surface area (Å²) in [6.07, 6.45) is 0.770. The van der Waals surface area contributed by atoms with Gasteiger partial charge in [-0.25, -0.2) is 9.97 Å². The number of methoxy groups -OCH3 is 1. The number of hydrogen-bond donors (Lipinski definition) is 1. The quantitative estimate of drug-likeness (QED) is 0.867. The summed E-state index contributed by atoms with van der Waals surface area (Å²) in [7, 11) is 1.66. The highest BCUT2D eigenvalue weighted by atomic mass is 32.1. The zero-order chi connectivity index (χ0) is 10.8. The van der Waals surface area contributed by atoms with E-state index >= 15 is 0 Å². The van der Waals surface area contributed by atoms with Gasteiger partial charge in [0.15, 0.2) is 5.82 Å². The molecule has 0 saturated carbocycles. The number of rotatable bonds is 3. The van der Waals surface area contributed by atoms with E-state index in [1.54, 1.807) is 18.4 Å². The van der Waals surface area contributed by atoms with Gasteiger partial charge in [0.25, 0.3) is 0 Å². The van der Waals surface area contributed by atoms with E-state index in [9.17, 15) is 0 Å². The number of ether oxygens (including phenoxy) is 1. The van der Waals surface area contributed by atoms with E-state index in [4.69, 9.17) is 10.5 Å². The summed E-state index contributed by atoms with van der Waals surface area (Å²) in [6.45, 7) is 2.03. The number of anilines is 1. The summed E-state index contributed by atoms with van der Waals surface area (Å²) in [6, 6.07) is 1.94. The van der Waals surface area contributed by atoms with Crippen LogP contribution < -0.4 is 5.73 Å². The lowest BCUT2D eigenvalue weighted by atomic mass is 10.2. The van der Waals surface area contributed by atoms with E-state index < -0.39 is 0 Å². The summed E-state index contributed by atoms with van der Waals surface area (Å²) in [4.78, 5) is 9.63. The number of aromatic nitrogens is 2. The minimum absolute atomic E-state index is 0.0706. The van der Waals surface area contributed by atoms with Crippen LogP contribution in [0.1, 0.15) is 25.3 Å². The molecule has 0 saturated heterocycles. The van der Waals surface area contributed by atoms with Gasteiger partial charge in [0.2, 0.25) is 0 Å². The van der Waals surface area contributed by atoms with Gasteiger partial charge in [0.1, 0.15) is 16.8 Å². The molecule has 0 spiro atoms. The summed E-state index contributed by atoms with van der Waals surface area (Å²) in [5.74, 6) is 1.21. The van der Waals surface area contributed by atoms with E-state index in [-0.39, 0.29) is 6.10 Å². The summed E-state index contributed by atoms with van der Waals surface area (Å²) in [5, 5.41) is 2.89. The Labute approximate surface area is 92.1 Å². The second-order valence-corrected chi connectivity index (χ2v) is 4.13. The summed E-state index contributed by atoms with van der Waals surface area (Å²) < 4.78 is 5.29. The van der Waals surface area contributed by atoms with Gasteiger partial charge in [-0.2, -0.15) is 0 Å². The molecule has 2 rings (SSSR count). The molecule has 0 fully saturated rings. The summed E-state index contributed by atoms with van der Waals surface area (Å²) >= 11 is 1.57. The molecule has 5 heteroatoms. The van der Waals surface area contributed by atoms with Crippen molar-refractivity contribution in [2.75, 3.05) is 12.8 Å². The first-order valence-electron chi connectivity index (χ1n) is 4.79. The molecule has 2 aromatic heterocycles. The van der Waals surface area contributed by atoms with Crippen molar-refractivity contribution in [3.05, 3.63) is 17.3 Å². The first kappa shape index (κ1) is 10.3. The molecule has 15 heavy (non-hydrogen) atoms. The molecule has 0 amide bonds. The molecular weight excluding hydrogens is 210 g/mol. The Morgan fingerprint density at radius 2 is 2.33 bits per heavy atom. The minimum atomic E-state index is -0.0706. The van der Waals surface area contributed by atoms with Crippen LogP contribution in [0, 0.1) is 0 Å². The lowest BCUT2D eigenvalue weighted by molar-refractivity contribution is 0.0930. The first-order valence-corrected chi connectivity index (χ1v) is 5.67. The van der Waals surface area contributed by atoms with Crippen molar-refractivity contribution in [1.29, 1.82) is 0 Å². The van der Waals surface area contributed by atoms with Gasteiger partial charge in [-0.05, 0) is 17.9 Å². The maximum Gasteiger partial charge on any atom is 0.161 e. The molecule has 0 radical (unpaired) electrons. The fourth-order valence-corrected chi connectivity index (χ4v) is 2.27. The van der Waals surface area contributed by atoms with E-state index in [2.05, 4.69) is 9.97 Å². The number of hydrogen-bond acceptors (Lipinski definition) is 5. The molecule has 1 atom stereocenters. The van der Waals surface area contributed by atoms with Crippen molar-refractivity contribution in [3.63, 3.8) is 0 Å². The van der Waals surface area contributed by atoms with Crippen LogP contribution >= 0.6 is 11.3 Å². The lowest BCUT2D eigenvalue weighted by Crippen LogP contribution is -2.07. The normalized spacial score (nSPS) is 13.2. The highest BCUT2D eigenvalue weighted by molar-refractivity contribution is 7.16. The smallest absolute Gasteiger partial charge is 0.161 e. The molecule has 2 heterocycles. The van der Waals surface area contributed by atoms with Gasteiger partial charge in [-0.1, -0.05) is 6.92 Å². The minimum Gasteiger partial charge on any atom is -0.383 e. The average molecular weight is 223 g/mol. The van der Waals surface area contributed by atoms with E-state index in [1.807, 2.05) is 18.4 Å². The van der Waals surface area contributed by atoms with E-state index in [0.29, 0.717) is 11.6 Å². The van der Waals surface area contributed by atoms with Crippen molar-refractivity contribution in [1.82, 2.24) is 9.97 Å². The Balaban J connectivity index is 2.52. The van der Waals surface area contributed by atoms with Gasteiger partial charge in [-0.15, -0.1) is 11.3 Å². The predicted molar refractivity (Wildman–Crippen MR) is 61.9 cm³/mol. The van der Waals surface area contributed by atoms with Crippen molar-refractivity contribution < 1.29 is 4.74 Å². The fourth-order valence-electron chi connectivity index (χ4n) is 1.49. The third kappa shape index (κ3) is 1.80. The topological polar surface area (TPSA) is 61.0 Å². The zero-order valence-electron chi connectivity index (χ0n) is 8.73. The van der Waals surface area contributed by atoms with Crippen LogP contribution in [0.25, 0.3) is 10.2 Å². The Kier molecular flexibility index (Phi) is 2.83. The number of nitrogens with two attached hydrogens (primary N) is 1. The van der Waals surface area contributed by atoms with Gasteiger partial charge in [0.05, 0.1) is 5.39 Å². The number of thiophene rings is 1. The number of nitrogens with zero attached hydrogens (tertiary/aromatic N) is 2. The Morgan fingerprint density at radius 1 is 1.53 bits per heavy atom. The van der Waals surface area contributed by atoms with Gasteiger partial charge >= 0.3 is 0 Å². The van der Waals surface area contributed by atoms with Gasteiger partial charge < -0.3 is 10.5 Å². The van der Waals surface area contributed by atoms with Crippen LogP contribution in [0.3, 0.4) is 0 Å². The van der Waals surface area contributed by atoms with Crippen molar-refractivity contribution in [2.45, 2.75) is 19.4 Å². The number of nitrogen functional groups attached to an aromatic ring is 1. The molecule has 2 N–H and O–H groups in total. The second kappa shape index (κ2) is 4.12. The molecular formula is C10H13N3OS. The molecule has 2 aromatic rings. The highest BCUT2D eigenvalue weighted by Gasteiger charge is 2.14. The molecule has 1 unspecified atom stereocenters. The number of fused-ring (bicyclic) bond motifs is 1. The first-order chi connectivity index (χ1) is 7.26. The SMILES string of the molecule is CCC(OC)c1nc(N)c2ccsc2n1. The van der Waals surface area contributed by atoms with Crippen LogP contribution in [0.2, 0.25) is 0 Å². The third-order valence-electron chi connectivity index (χ3n) is 2.32. The van der Waals surface area contributed by atoms with E-state index in [0.717, 1.165) is 16.6 Å².